The summed E-state index contributed by atoms with van der Waals surface area (Å²) < 4.78 is 13.3. The van der Waals surface area contributed by atoms with Crippen LogP contribution in [0, 0.1) is 5.82 Å². The standard InChI is InChI=1S/C17H14ClFN2O2/c18-12-4-1-3-11(7-12)17(23)20-14-9-16(22)21(10-14)15-6-2-5-13(19)8-15/h1-8,14H,9-10H2,(H,20,23)/t14-/m1/s1. The average molecular weight is 333 g/mol. The van der Waals surface area contributed by atoms with Gasteiger partial charge in [-0.15, -0.1) is 0 Å². The molecule has 1 heterocycles. The Morgan fingerprint density at radius 1 is 1.22 bits per heavy atom. The molecule has 1 aliphatic rings. The Kier molecular flexibility index (Phi) is 4.30. The third-order valence-electron chi connectivity index (χ3n) is 3.67. The first-order chi connectivity index (χ1) is 11.0. The zero-order valence-corrected chi connectivity index (χ0v) is 12.9. The van der Waals surface area contributed by atoms with Gasteiger partial charge in [-0.25, -0.2) is 4.39 Å². The lowest BCUT2D eigenvalue weighted by Crippen LogP contribution is -2.37. The van der Waals surface area contributed by atoms with Crippen molar-refractivity contribution in [2.45, 2.75) is 12.5 Å². The van der Waals surface area contributed by atoms with Crippen LogP contribution in [0.2, 0.25) is 5.02 Å². The van der Waals surface area contributed by atoms with E-state index in [1.807, 2.05) is 0 Å². The number of nitrogens with one attached hydrogen (secondary N) is 1. The number of halogens is 2. The van der Waals surface area contributed by atoms with Gasteiger partial charge < -0.3 is 10.2 Å². The molecule has 6 heteroatoms. The van der Waals surface area contributed by atoms with E-state index in [4.69, 9.17) is 11.6 Å². The maximum Gasteiger partial charge on any atom is 0.251 e. The molecule has 1 aliphatic heterocycles. The second-order valence-electron chi connectivity index (χ2n) is 5.37. The molecule has 23 heavy (non-hydrogen) atoms. The maximum absolute atomic E-state index is 13.3. The van der Waals surface area contributed by atoms with Crippen LogP contribution < -0.4 is 10.2 Å². The van der Waals surface area contributed by atoms with Gasteiger partial charge in [-0.3, -0.25) is 9.59 Å². The molecular formula is C17H14ClFN2O2. The maximum atomic E-state index is 13.3. The van der Waals surface area contributed by atoms with Gasteiger partial charge in [0.25, 0.3) is 5.91 Å². The van der Waals surface area contributed by atoms with Gasteiger partial charge in [-0.05, 0) is 36.4 Å². The third kappa shape index (κ3) is 3.51. The lowest BCUT2D eigenvalue weighted by atomic mass is 10.2. The number of anilines is 1. The second kappa shape index (κ2) is 6.38. The molecule has 0 bridgehead atoms. The van der Waals surface area contributed by atoms with E-state index in [2.05, 4.69) is 5.32 Å². The number of carbonyl (C=O) groups is 2. The van der Waals surface area contributed by atoms with Gasteiger partial charge in [0.2, 0.25) is 5.91 Å². The summed E-state index contributed by atoms with van der Waals surface area (Å²) in [6.07, 6.45) is 0.183. The molecule has 118 valence electrons. The molecule has 0 radical (unpaired) electrons. The highest BCUT2D eigenvalue weighted by Crippen LogP contribution is 2.22. The highest BCUT2D eigenvalue weighted by atomic mass is 35.5. The van der Waals surface area contributed by atoms with Crippen molar-refractivity contribution in [3.8, 4) is 0 Å². The molecule has 2 amide bonds. The van der Waals surface area contributed by atoms with E-state index >= 15 is 0 Å². The molecule has 4 nitrogen and oxygen atoms in total. The highest BCUT2D eigenvalue weighted by molar-refractivity contribution is 6.30. The summed E-state index contributed by atoms with van der Waals surface area (Å²) in [7, 11) is 0. The molecule has 0 spiro atoms. The Labute approximate surface area is 137 Å². The smallest absolute Gasteiger partial charge is 0.251 e. The lowest BCUT2D eigenvalue weighted by Gasteiger charge is -2.17. The van der Waals surface area contributed by atoms with E-state index in [9.17, 15) is 14.0 Å². The third-order valence-corrected chi connectivity index (χ3v) is 3.90. The summed E-state index contributed by atoms with van der Waals surface area (Å²) in [6.45, 7) is 0.314. The largest absolute Gasteiger partial charge is 0.347 e. The molecule has 1 saturated heterocycles. The topological polar surface area (TPSA) is 49.4 Å². The molecule has 1 N–H and O–H groups in total. The van der Waals surface area contributed by atoms with E-state index in [0.29, 0.717) is 22.8 Å². The summed E-state index contributed by atoms with van der Waals surface area (Å²) in [5.74, 6) is -0.833. The molecule has 2 aromatic rings. The highest BCUT2D eigenvalue weighted by Gasteiger charge is 2.31. The van der Waals surface area contributed by atoms with E-state index in [1.165, 1.54) is 17.0 Å². The molecular weight excluding hydrogens is 319 g/mol. The Morgan fingerprint density at radius 3 is 2.74 bits per heavy atom. The van der Waals surface area contributed by atoms with Gasteiger partial charge in [0.1, 0.15) is 5.82 Å². The van der Waals surface area contributed by atoms with Crippen molar-refractivity contribution in [2.24, 2.45) is 0 Å². The quantitative estimate of drug-likeness (QED) is 0.939. The molecule has 0 aromatic heterocycles. The fraction of sp³-hybridized carbons (Fsp3) is 0.176. The minimum atomic E-state index is -0.401. The van der Waals surface area contributed by atoms with Crippen molar-refractivity contribution < 1.29 is 14.0 Å². The number of hydrogen-bond donors (Lipinski definition) is 1. The van der Waals surface area contributed by atoms with Crippen LogP contribution in [0.5, 0.6) is 0 Å². The second-order valence-corrected chi connectivity index (χ2v) is 5.81. The number of carbonyl (C=O) groups excluding carboxylic acids is 2. The molecule has 1 fully saturated rings. The number of benzene rings is 2. The monoisotopic (exact) mass is 332 g/mol. The van der Waals surface area contributed by atoms with E-state index in [0.717, 1.165) is 0 Å². The van der Waals surface area contributed by atoms with Gasteiger partial charge >= 0.3 is 0 Å². The fourth-order valence-corrected chi connectivity index (χ4v) is 2.79. The fourth-order valence-electron chi connectivity index (χ4n) is 2.60. The summed E-state index contributed by atoms with van der Waals surface area (Å²) in [5, 5.41) is 3.29. The van der Waals surface area contributed by atoms with Crippen molar-refractivity contribution in [1.29, 1.82) is 0 Å². The average Bonchev–Trinajstić information content (AvgIpc) is 2.88. The molecule has 1 atom stereocenters. The van der Waals surface area contributed by atoms with Gasteiger partial charge in [-0.2, -0.15) is 0 Å². The summed E-state index contributed by atoms with van der Waals surface area (Å²) in [4.78, 5) is 25.8. The summed E-state index contributed by atoms with van der Waals surface area (Å²) >= 11 is 5.87. The first-order valence-electron chi connectivity index (χ1n) is 7.15. The van der Waals surface area contributed by atoms with Gasteiger partial charge in [0.15, 0.2) is 0 Å². The normalized spacial score (nSPS) is 17.4. The van der Waals surface area contributed by atoms with E-state index in [1.54, 1.807) is 36.4 Å². The number of amides is 2. The first kappa shape index (κ1) is 15.5. The van der Waals surface area contributed by atoms with Gasteiger partial charge in [0, 0.05) is 29.2 Å². The predicted molar refractivity (Wildman–Crippen MR) is 86.1 cm³/mol. The van der Waals surface area contributed by atoms with Crippen molar-refractivity contribution in [3.05, 3.63) is 64.9 Å². The Bertz CT molecular complexity index is 766. The van der Waals surface area contributed by atoms with E-state index < -0.39 is 5.82 Å². The van der Waals surface area contributed by atoms with Crippen molar-refractivity contribution >= 4 is 29.1 Å². The van der Waals surface area contributed by atoms with E-state index in [-0.39, 0.29) is 24.3 Å². The molecule has 0 unspecified atom stereocenters. The van der Waals surface area contributed by atoms with Crippen molar-refractivity contribution in [1.82, 2.24) is 5.32 Å². The van der Waals surface area contributed by atoms with Crippen LogP contribution in [0.4, 0.5) is 10.1 Å². The molecule has 3 rings (SSSR count). The zero-order chi connectivity index (χ0) is 16.4. The molecule has 0 aliphatic carbocycles. The van der Waals surface area contributed by atoms with Crippen LogP contribution >= 0.6 is 11.6 Å². The number of nitrogens with zero attached hydrogens (tertiary/aromatic N) is 1. The SMILES string of the molecule is O=C(N[C@@H]1CC(=O)N(c2cccc(F)c2)C1)c1cccc(Cl)c1. The van der Waals surface area contributed by atoms with Crippen LogP contribution in [0.3, 0.4) is 0 Å². The number of rotatable bonds is 3. The molecule has 0 saturated carbocycles. The Balaban J connectivity index is 1.69. The Morgan fingerprint density at radius 2 is 2.00 bits per heavy atom. The minimum absolute atomic E-state index is 0.146. The minimum Gasteiger partial charge on any atom is -0.347 e. The van der Waals surface area contributed by atoms with Gasteiger partial charge in [-0.1, -0.05) is 23.7 Å². The summed E-state index contributed by atoms with van der Waals surface area (Å²) in [5.41, 5.74) is 0.934. The van der Waals surface area contributed by atoms with Crippen molar-refractivity contribution in [2.75, 3.05) is 11.4 Å². The Hall–Kier alpha value is -2.40. The molecule has 2 aromatic carbocycles. The van der Waals surface area contributed by atoms with Crippen LogP contribution in [0.15, 0.2) is 48.5 Å². The van der Waals surface area contributed by atoms with Crippen LogP contribution in [0.1, 0.15) is 16.8 Å². The van der Waals surface area contributed by atoms with Crippen LogP contribution in [-0.4, -0.2) is 24.4 Å². The van der Waals surface area contributed by atoms with Gasteiger partial charge in [0.05, 0.1) is 6.04 Å². The predicted octanol–water partition coefficient (Wildman–Crippen LogP) is 3.01. The first-order valence-corrected chi connectivity index (χ1v) is 7.53. The van der Waals surface area contributed by atoms with Crippen LogP contribution in [0.25, 0.3) is 0 Å². The summed E-state index contributed by atoms with van der Waals surface area (Å²) in [6, 6.07) is 12.1. The zero-order valence-electron chi connectivity index (χ0n) is 12.1. The van der Waals surface area contributed by atoms with Crippen LogP contribution in [-0.2, 0) is 4.79 Å². The lowest BCUT2D eigenvalue weighted by molar-refractivity contribution is -0.117. The van der Waals surface area contributed by atoms with Crippen molar-refractivity contribution in [3.63, 3.8) is 0 Å². The number of hydrogen-bond acceptors (Lipinski definition) is 2.